The number of amides is 1. The number of halogens is 2. The van der Waals surface area contributed by atoms with Crippen LogP contribution in [0.15, 0.2) is 24.3 Å². The summed E-state index contributed by atoms with van der Waals surface area (Å²) in [5, 5.41) is 3.36. The standard InChI is InChI=1S/C19H30N4O2.2ClH/c1-21(2)15-19(24)23-13-11-22(12-14-23)16-3-5-17(6-4-16)25-18-7-9-20-10-8-18;;/h3-6,18,20H,7-15H2,1-2H3;2*1H. The van der Waals surface area contributed by atoms with E-state index < -0.39 is 0 Å². The first-order chi connectivity index (χ1) is 12.1. The number of likely N-dealkylation sites (N-methyl/N-ethyl adjacent to an activating group) is 1. The van der Waals surface area contributed by atoms with Crippen LogP contribution in [0, 0.1) is 0 Å². The molecule has 2 saturated heterocycles. The topological polar surface area (TPSA) is 48.1 Å². The summed E-state index contributed by atoms with van der Waals surface area (Å²) in [6.07, 6.45) is 2.48. The second-order valence-electron chi connectivity index (χ2n) is 7.17. The van der Waals surface area contributed by atoms with Gasteiger partial charge in [-0.25, -0.2) is 0 Å². The number of carbonyl (C=O) groups is 1. The molecular formula is C19H32Cl2N4O2. The molecule has 0 spiro atoms. The predicted octanol–water partition coefficient (Wildman–Crippen LogP) is 1.87. The molecule has 0 radical (unpaired) electrons. The maximum atomic E-state index is 12.1. The molecule has 8 heteroatoms. The number of nitrogens with zero attached hydrogens (tertiary/aromatic N) is 3. The maximum absolute atomic E-state index is 12.1. The quantitative estimate of drug-likeness (QED) is 0.790. The van der Waals surface area contributed by atoms with Crippen LogP contribution in [-0.2, 0) is 4.79 Å². The van der Waals surface area contributed by atoms with Crippen LogP contribution in [0.25, 0.3) is 0 Å². The Balaban J connectivity index is 0.00000182. The average molecular weight is 419 g/mol. The van der Waals surface area contributed by atoms with Gasteiger partial charge in [0, 0.05) is 31.9 Å². The second kappa shape index (κ2) is 11.6. The third-order valence-electron chi connectivity index (χ3n) is 4.87. The third-order valence-corrected chi connectivity index (χ3v) is 4.87. The molecule has 1 aromatic carbocycles. The third kappa shape index (κ3) is 7.03. The summed E-state index contributed by atoms with van der Waals surface area (Å²) in [7, 11) is 3.86. The zero-order chi connectivity index (χ0) is 17.6. The van der Waals surface area contributed by atoms with Crippen LogP contribution in [0.2, 0.25) is 0 Å². The minimum atomic E-state index is 0. The molecule has 1 amide bonds. The SMILES string of the molecule is CN(C)CC(=O)N1CCN(c2ccc(OC3CCNCC3)cc2)CC1.Cl.Cl. The Labute approximate surface area is 175 Å². The summed E-state index contributed by atoms with van der Waals surface area (Å²) >= 11 is 0. The van der Waals surface area contributed by atoms with E-state index in [0.717, 1.165) is 57.9 Å². The summed E-state index contributed by atoms with van der Waals surface area (Å²) in [6, 6.07) is 8.41. The van der Waals surface area contributed by atoms with E-state index >= 15 is 0 Å². The van der Waals surface area contributed by atoms with Gasteiger partial charge in [0.1, 0.15) is 11.9 Å². The number of hydrogen-bond acceptors (Lipinski definition) is 5. The summed E-state index contributed by atoms with van der Waals surface area (Å²) < 4.78 is 6.07. The van der Waals surface area contributed by atoms with E-state index in [-0.39, 0.29) is 30.7 Å². The fourth-order valence-corrected chi connectivity index (χ4v) is 3.43. The fourth-order valence-electron chi connectivity index (χ4n) is 3.43. The molecule has 2 fully saturated rings. The van der Waals surface area contributed by atoms with E-state index in [1.54, 1.807) is 0 Å². The molecule has 1 N–H and O–H groups in total. The van der Waals surface area contributed by atoms with Gasteiger partial charge in [0.05, 0.1) is 6.54 Å². The van der Waals surface area contributed by atoms with Gasteiger partial charge in [-0.15, -0.1) is 24.8 Å². The van der Waals surface area contributed by atoms with Crippen LogP contribution < -0.4 is 15.0 Å². The Bertz CT molecular complexity index is 557. The van der Waals surface area contributed by atoms with Crippen molar-refractivity contribution in [3.8, 4) is 5.75 Å². The van der Waals surface area contributed by atoms with Crippen molar-refractivity contribution in [2.24, 2.45) is 0 Å². The van der Waals surface area contributed by atoms with E-state index in [0.29, 0.717) is 12.6 Å². The molecule has 2 heterocycles. The zero-order valence-corrected chi connectivity index (χ0v) is 17.9. The Morgan fingerprint density at radius 3 is 2.22 bits per heavy atom. The molecule has 0 aliphatic carbocycles. The number of rotatable bonds is 5. The molecule has 1 aromatic rings. The highest BCUT2D eigenvalue weighted by atomic mass is 35.5. The van der Waals surface area contributed by atoms with Gasteiger partial charge in [-0.1, -0.05) is 0 Å². The van der Waals surface area contributed by atoms with Crippen LogP contribution in [0.1, 0.15) is 12.8 Å². The van der Waals surface area contributed by atoms with E-state index in [1.165, 1.54) is 5.69 Å². The fraction of sp³-hybridized carbons (Fsp3) is 0.632. The number of piperazine rings is 1. The number of carbonyl (C=O) groups excluding carboxylic acids is 1. The minimum Gasteiger partial charge on any atom is -0.490 e. The molecule has 0 unspecified atom stereocenters. The van der Waals surface area contributed by atoms with Gasteiger partial charge in [0.15, 0.2) is 0 Å². The Morgan fingerprint density at radius 2 is 1.67 bits per heavy atom. The molecule has 3 rings (SSSR count). The highest BCUT2D eigenvalue weighted by Crippen LogP contribution is 2.23. The van der Waals surface area contributed by atoms with Crippen molar-refractivity contribution in [3.05, 3.63) is 24.3 Å². The van der Waals surface area contributed by atoms with Crippen LogP contribution in [-0.4, -0.2) is 81.7 Å². The molecule has 154 valence electrons. The average Bonchev–Trinajstić information content (AvgIpc) is 2.63. The number of ether oxygens (including phenoxy) is 1. The summed E-state index contributed by atoms with van der Waals surface area (Å²) in [5.74, 6) is 1.17. The van der Waals surface area contributed by atoms with Gasteiger partial charge in [-0.3, -0.25) is 4.79 Å². The van der Waals surface area contributed by atoms with Gasteiger partial charge in [0.25, 0.3) is 0 Å². The second-order valence-corrected chi connectivity index (χ2v) is 7.17. The molecule has 0 bridgehead atoms. The summed E-state index contributed by atoms with van der Waals surface area (Å²) in [5.41, 5.74) is 1.21. The lowest BCUT2D eigenvalue weighted by atomic mass is 10.1. The molecule has 6 nitrogen and oxygen atoms in total. The monoisotopic (exact) mass is 418 g/mol. The van der Waals surface area contributed by atoms with E-state index in [2.05, 4.69) is 34.5 Å². The highest BCUT2D eigenvalue weighted by molar-refractivity contribution is 5.85. The predicted molar refractivity (Wildman–Crippen MR) is 115 cm³/mol. The first kappa shape index (κ1) is 23.8. The van der Waals surface area contributed by atoms with E-state index in [9.17, 15) is 4.79 Å². The number of piperidine rings is 1. The molecule has 2 aliphatic heterocycles. The van der Waals surface area contributed by atoms with Gasteiger partial charge in [0.2, 0.25) is 5.91 Å². The maximum Gasteiger partial charge on any atom is 0.236 e. The highest BCUT2D eigenvalue weighted by Gasteiger charge is 2.21. The molecule has 2 aliphatic rings. The van der Waals surface area contributed by atoms with Gasteiger partial charge < -0.3 is 24.8 Å². The van der Waals surface area contributed by atoms with Crippen molar-refractivity contribution in [3.63, 3.8) is 0 Å². The summed E-state index contributed by atoms with van der Waals surface area (Å²) in [6.45, 7) is 5.92. The summed E-state index contributed by atoms with van der Waals surface area (Å²) in [4.78, 5) is 18.4. The van der Waals surface area contributed by atoms with Crippen molar-refractivity contribution in [1.29, 1.82) is 0 Å². The van der Waals surface area contributed by atoms with E-state index in [4.69, 9.17) is 4.74 Å². The lowest BCUT2D eigenvalue weighted by Gasteiger charge is -2.36. The minimum absolute atomic E-state index is 0. The van der Waals surface area contributed by atoms with Crippen molar-refractivity contribution < 1.29 is 9.53 Å². The van der Waals surface area contributed by atoms with Crippen LogP contribution in [0.5, 0.6) is 5.75 Å². The Hall–Kier alpha value is -1.21. The largest absolute Gasteiger partial charge is 0.490 e. The van der Waals surface area contributed by atoms with E-state index in [1.807, 2.05) is 23.9 Å². The van der Waals surface area contributed by atoms with Crippen LogP contribution in [0.3, 0.4) is 0 Å². The van der Waals surface area contributed by atoms with Crippen molar-refractivity contribution in [2.45, 2.75) is 18.9 Å². The molecule has 0 saturated carbocycles. The first-order valence-corrected chi connectivity index (χ1v) is 9.27. The molecule has 0 atom stereocenters. The lowest BCUT2D eigenvalue weighted by molar-refractivity contribution is -0.132. The number of benzene rings is 1. The van der Waals surface area contributed by atoms with Crippen LogP contribution in [0.4, 0.5) is 5.69 Å². The van der Waals surface area contributed by atoms with Gasteiger partial charge >= 0.3 is 0 Å². The van der Waals surface area contributed by atoms with Crippen molar-refractivity contribution in [2.75, 3.05) is 64.8 Å². The Morgan fingerprint density at radius 1 is 1.07 bits per heavy atom. The normalized spacial score (nSPS) is 17.9. The molecule has 0 aromatic heterocycles. The number of hydrogen-bond donors (Lipinski definition) is 1. The Kier molecular flexibility index (Phi) is 10.2. The molecule has 27 heavy (non-hydrogen) atoms. The number of anilines is 1. The van der Waals surface area contributed by atoms with Crippen molar-refractivity contribution in [1.82, 2.24) is 15.1 Å². The van der Waals surface area contributed by atoms with Crippen molar-refractivity contribution >= 4 is 36.4 Å². The smallest absolute Gasteiger partial charge is 0.236 e. The number of nitrogens with one attached hydrogen (secondary N) is 1. The first-order valence-electron chi connectivity index (χ1n) is 9.27. The van der Waals surface area contributed by atoms with Crippen LogP contribution >= 0.6 is 24.8 Å². The lowest BCUT2D eigenvalue weighted by Crippen LogP contribution is -2.50. The van der Waals surface area contributed by atoms with Gasteiger partial charge in [-0.2, -0.15) is 0 Å². The van der Waals surface area contributed by atoms with Gasteiger partial charge in [-0.05, 0) is 64.3 Å². The molecular weight excluding hydrogens is 387 g/mol. The zero-order valence-electron chi connectivity index (χ0n) is 16.2.